The number of hydrazine groups is 1. The van der Waals surface area contributed by atoms with Crippen molar-refractivity contribution in [3.05, 3.63) is 39.1 Å². The van der Waals surface area contributed by atoms with E-state index in [1.807, 2.05) is 6.07 Å². The molecule has 156 valence electrons. The van der Waals surface area contributed by atoms with Crippen LogP contribution in [0.2, 0.25) is 0 Å². The summed E-state index contributed by atoms with van der Waals surface area (Å²) >= 11 is 1.50. The van der Waals surface area contributed by atoms with Crippen molar-refractivity contribution < 1.29 is 23.8 Å². The van der Waals surface area contributed by atoms with Gasteiger partial charge in [0, 0.05) is 4.88 Å². The fourth-order valence-electron chi connectivity index (χ4n) is 3.47. The van der Waals surface area contributed by atoms with E-state index in [0.29, 0.717) is 33.6 Å². The molecular formula is C21H26N2O5S. The van der Waals surface area contributed by atoms with Gasteiger partial charge in [0.25, 0.3) is 5.91 Å². The number of fused-ring (bicyclic) bond motifs is 1. The first-order chi connectivity index (χ1) is 13.9. The molecule has 0 fully saturated rings. The van der Waals surface area contributed by atoms with E-state index in [-0.39, 0.29) is 18.2 Å². The summed E-state index contributed by atoms with van der Waals surface area (Å²) in [6.45, 7) is 2.23. The van der Waals surface area contributed by atoms with Gasteiger partial charge in [-0.1, -0.05) is 6.92 Å². The lowest BCUT2D eigenvalue weighted by atomic mass is 9.90. The highest BCUT2D eigenvalue weighted by Gasteiger charge is 2.21. The second-order valence-electron chi connectivity index (χ2n) is 7.12. The van der Waals surface area contributed by atoms with Gasteiger partial charge in [0.05, 0.1) is 32.6 Å². The monoisotopic (exact) mass is 418 g/mol. The number of methoxy groups -OCH3 is 3. The van der Waals surface area contributed by atoms with Crippen LogP contribution in [0.5, 0.6) is 17.2 Å². The highest BCUT2D eigenvalue weighted by atomic mass is 32.1. The Morgan fingerprint density at radius 3 is 2.38 bits per heavy atom. The summed E-state index contributed by atoms with van der Waals surface area (Å²) in [5, 5.41) is 0. The third-order valence-electron chi connectivity index (χ3n) is 4.96. The van der Waals surface area contributed by atoms with Crippen molar-refractivity contribution in [3.8, 4) is 17.2 Å². The molecule has 1 aliphatic carbocycles. The molecule has 1 unspecified atom stereocenters. The molecule has 2 aromatic rings. The normalized spacial score (nSPS) is 15.2. The number of carbonyl (C=O) groups is 2. The van der Waals surface area contributed by atoms with Crippen molar-refractivity contribution in [1.29, 1.82) is 0 Å². The van der Waals surface area contributed by atoms with Crippen LogP contribution in [0.4, 0.5) is 0 Å². The quantitative estimate of drug-likeness (QED) is 0.705. The highest BCUT2D eigenvalue weighted by molar-refractivity contribution is 7.14. The van der Waals surface area contributed by atoms with E-state index in [9.17, 15) is 9.59 Å². The summed E-state index contributed by atoms with van der Waals surface area (Å²) in [5.74, 6) is 1.40. The summed E-state index contributed by atoms with van der Waals surface area (Å²) in [6, 6.07) is 5.35. The molecule has 1 aromatic carbocycles. The first-order valence-corrected chi connectivity index (χ1v) is 10.3. The maximum Gasteiger partial charge on any atom is 0.279 e. The molecule has 2 N–H and O–H groups in total. The molecule has 0 saturated heterocycles. The molecule has 1 atom stereocenters. The van der Waals surface area contributed by atoms with Gasteiger partial charge in [-0.2, -0.15) is 0 Å². The van der Waals surface area contributed by atoms with Crippen LogP contribution in [0.3, 0.4) is 0 Å². The van der Waals surface area contributed by atoms with E-state index in [4.69, 9.17) is 14.2 Å². The van der Waals surface area contributed by atoms with Crippen molar-refractivity contribution in [2.75, 3.05) is 21.3 Å². The molecule has 3 rings (SSSR count). The highest BCUT2D eigenvalue weighted by Crippen LogP contribution is 2.38. The summed E-state index contributed by atoms with van der Waals surface area (Å²) in [5.41, 5.74) is 6.91. The Morgan fingerprint density at radius 2 is 1.76 bits per heavy atom. The summed E-state index contributed by atoms with van der Waals surface area (Å²) < 4.78 is 15.9. The lowest BCUT2D eigenvalue weighted by Gasteiger charge is -2.16. The Morgan fingerprint density at radius 1 is 1.07 bits per heavy atom. The Balaban J connectivity index is 1.61. The lowest BCUT2D eigenvalue weighted by molar-refractivity contribution is -0.121. The Bertz CT molecular complexity index is 883. The second kappa shape index (κ2) is 9.17. The number of benzene rings is 1. The molecule has 1 heterocycles. The van der Waals surface area contributed by atoms with Crippen molar-refractivity contribution in [2.24, 2.45) is 5.92 Å². The number of rotatable bonds is 6. The van der Waals surface area contributed by atoms with Crippen LogP contribution >= 0.6 is 11.3 Å². The molecule has 8 heteroatoms. The zero-order chi connectivity index (χ0) is 21.0. The number of thiophene rings is 1. The number of amides is 2. The minimum Gasteiger partial charge on any atom is -0.493 e. The predicted octanol–water partition coefficient (Wildman–Crippen LogP) is 2.90. The first kappa shape index (κ1) is 21.0. The van der Waals surface area contributed by atoms with Gasteiger partial charge in [0.15, 0.2) is 11.5 Å². The number of ether oxygens (including phenoxy) is 3. The third-order valence-corrected chi connectivity index (χ3v) is 6.19. The average molecular weight is 419 g/mol. The molecule has 2 amide bonds. The van der Waals surface area contributed by atoms with Gasteiger partial charge in [-0.3, -0.25) is 20.4 Å². The molecule has 0 bridgehead atoms. The van der Waals surface area contributed by atoms with E-state index in [0.717, 1.165) is 19.3 Å². The van der Waals surface area contributed by atoms with Crippen LogP contribution in [-0.4, -0.2) is 33.1 Å². The van der Waals surface area contributed by atoms with E-state index in [1.165, 1.54) is 43.1 Å². The van der Waals surface area contributed by atoms with Crippen LogP contribution in [0, 0.1) is 5.92 Å². The Hall–Kier alpha value is -2.74. The molecule has 1 aromatic heterocycles. The van der Waals surface area contributed by atoms with E-state index >= 15 is 0 Å². The molecule has 0 saturated carbocycles. The van der Waals surface area contributed by atoms with Gasteiger partial charge in [0.2, 0.25) is 11.7 Å². The average Bonchev–Trinajstić information content (AvgIpc) is 3.14. The van der Waals surface area contributed by atoms with Gasteiger partial charge < -0.3 is 14.2 Å². The largest absolute Gasteiger partial charge is 0.493 e. The molecule has 0 aliphatic heterocycles. The zero-order valence-corrected chi connectivity index (χ0v) is 17.9. The van der Waals surface area contributed by atoms with Crippen LogP contribution in [0.25, 0.3) is 0 Å². The maximum atomic E-state index is 12.4. The Kier molecular flexibility index (Phi) is 6.64. The summed E-state index contributed by atoms with van der Waals surface area (Å²) in [4.78, 5) is 26.6. The number of aryl methyl sites for hydroxylation is 1. The molecule has 1 aliphatic rings. The van der Waals surface area contributed by atoms with Gasteiger partial charge in [-0.05, 0) is 54.5 Å². The summed E-state index contributed by atoms with van der Waals surface area (Å²) in [6.07, 6.45) is 3.23. The van der Waals surface area contributed by atoms with Crippen molar-refractivity contribution >= 4 is 23.2 Å². The van der Waals surface area contributed by atoms with Crippen molar-refractivity contribution in [1.82, 2.24) is 10.9 Å². The third kappa shape index (κ3) is 4.82. The fourth-order valence-corrected chi connectivity index (χ4v) is 4.58. The van der Waals surface area contributed by atoms with Crippen molar-refractivity contribution in [2.45, 2.75) is 32.6 Å². The first-order valence-electron chi connectivity index (χ1n) is 9.44. The second-order valence-corrected chi connectivity index (χ2v) is 8.26. The smallest absolute Gasteiger partial charge is 0.279 e. The van der Waals surface area contributed by atoms with E-state index in [1.54, 1.807) is 12.1 Å². The Labute approximate surface area is 174 Å². The molecule has 0 spiro atoms. The van der Waals surface area contributed by atoms with E-state index in [2.05, 4.69) is 17.8 Å². The minimum atomic E-state index is -0.345. The molecule has 7 nitrogen and oxygen atoms in total. The van der Waals surface area contributed by atoms with E-state index < -0.39 is 0 Å². The number of hydrogen-bond acceptors (Lipinski definition) is 6. The van der Waals surface area contributed by atoms with Gasteiger partial charge in [-0.15, -0.1) is 11.3 Å². The van der Waals surface area contributed by atoms with Crippen LogP contribution < -0.4 is 25.1 Å². The van der Waals surface area contributed by atoms with Crippen LogP contribution in [0.15, 0.2) is 18.2 Å². The van der Waals surface area contributed by atoms with Gasteiger partial charge in [0.1, 0.15) is 0 Å². The maximum absolute atomic E-state index is 12.4. The van der Waals surface area contributed by atoms with Crippen LogP contribution in [0.1, 0.15) is 39.0 Å². The number of hydrogen-bond donors (Lipinski definition) is 2. The standard InChI is InChI=1S/C21H26N2O5S/c1-12-5-6-17-14(7-12)11-18(29-17)21(25)23-22-19(24)10-13-8-15(26-2)20(28-4)16(9-13)27-3/h8-9,11-12H,5-7,10H2,1-4H3,(H,22,24)(H,23,25). The molecule has 0 radical (unpaired) electrons. The fraction of sp³-hybridized carbons (Fsp3) is 0.429. The zero-order valence-electron chi connectivity index (χ0n) is 17.1. The molecule has 29 heavy (non-hydrogen) atoms. The molecular weight excluding hydrogens is 392 g/mol. The minimum absolute atomic E-state index is 0.0510. The van der Waals surface area contributed by atoms with Crippen molar-refractivity contribution in [3.63, 3.8) is 0 Å². The van der Waals surface area contributed by atoms with Gasteiger partial charge in [-0.25, -0.2) is 0 Å². The lowest BCUT2D eigenvalue weighted by Crippen LogP contribution is -2.42. The number of nitrogens with one attached hydrogen (secondary N) is 2. The number of carbonyl (C=O) groups excluding carboxylic acids is 2. The predicted molar refractivity (Wildman–Crippen MR) is 111 cm³/mol. The van der Waals surface area contributed by atoms with Gasteiger partial charge >= 0.3 is 0 Å². The van der Waals surface area contributed by atoms with Crippen LogP contribution in [-0.2, 0) is 24.1 Å². The topological polar surface area (TPSA) is 85.9 Å². The summed E-state index contributed by atoms with van der Waals surface area (Å²) in [7, 11) is 4.55. The SMILES string of the molecule is COc1cc(CC(=O)NNC(=O)c2cc3c(s2)CCC(C)C3)cc(OC)c1OC.